The second kappa shape index (κ2) is 3.53. The van der Waals surface area contributed by atoms with Crippen molar-refractivity contribution in [2.45, 2.75) is 0 Å². The number of aromatic nitrogens is 2. The number of rotatable bonds is 2. The Bertz CT molecular complexity index is 574. The molecule has 0 saturated carbocycles. The van der Waals surface area contributed by atoms with Crippen LogP contribution < -0.4 is 10.9 Å². The summed E-state index contributed by atoms with van der Waals surface area (Å²) in [5.41, 5.74) is 1.08. The van der Waals surface area contributed by atoms with Crippen LogP contribution >= 0.6 is 0 Å². The first-order valence-electron chi connectivity index (χ1n) is 4.38. The maximum absolute atomic E-state index is 11.7. The third-order valence-corrected chi connectivity index (χ3v) is 2.14. The highest BCUT2D eigenvalue weighted by atomic mass is 16.1. The molecule has 0 radical (unpaired) electrons. The van der Waals surface area contributed by atoms with Crippen molar-refractivity contribution in [2.24, 2.45) is 7.05 Å². The minimum Gasteiger partial charge on any atom is -0.329 e. The van der Waals surface area contributed by atoms with Crippen molar-refractivity contribution < 1.29 is 4.79 Å². The van der Waals surface area contributed by atoms with Gasteiger partial charge >= 0.3 is 0 Å². The van der Waals surface area contributed by atoms with Crippen LogP contribution in [0.5, 0.6) is 0 Å². The number of fused-ring (bicyclic) bond motifs is 1. The minimum atomic E-state index is -0.130. The molecule has 76 valence electrons. The molecule has 2 rings (SSSR count). The van der Waals surface area contributed by atoms with E-state index < -0.39 is 0 Å². The van der Waals surface area contributed by atoms with E-state index in [1.165, 1.54) is 10.9 Å². The molecule has 0 aliphatic carbocycles. The average molecular weight is 203 g/mol. The first-order chi connectivity index (χ1) is 7.22. The van der Waals surface area contributed by atoms with Crippen molar-refractivity contribution in [1.82, 2.24) is 9.55 Å². The van der Waals surface area contributed by atoms with Gasteiger partial charge in [-0.15, -0.1) is 0 Å². The standard InChI is InChI=1S/C10H9N3O2/c1-13-5-11-9-3-2-7(12-6-14)4-8(9)10(13)15/h2-6H,1H3,(H,12,14). The molecule has 1 amide bonds. The molecule has 0 saturated heterocycles. The van der Waals surface area contributed by atoms with Gasteiger partial charge in [0.1, 0.15) is 0 Å². The largest absolute Gasteiger partial charge is 0.329 e. The molecule has 5 heteroatoms. The van der Waals surface area contributed by atoms with Gasteiger partial charge in [0.05, 0.1) is 17.2 Å². The summed E-state index contributed by atoms with van der Waals surface area (Å²) in [6.45, 7) is 0. The Balaban J connectivity index is 2.73. The molecule has 1 aromatic heterocycles. The number of carbonyl (C=O) groups excluding carboxylic acids is 1. The predicted octanol–water partition coefficient (Wildman–Crippen LogP) is 0.502. The molecule has 2 aromatic rings. The second-order valence-electron chi connectivity index (χ2n) is 3.15. The van der Waals surface area contributed by atoms with E-state index in [0.29, 0.717) is 23.0 Å². The Hall–Kier alpha value is -2.17. The fraction of sp³-hybridized carbons (Fsp3) is 0.100. The van der Waals surface area contributed by atoms with Crippen LogP contribution in [0.2, 0.25) is 0 Å². The van der Waals surface area contributed by atoms with E-state index in [4.69, 9.17) is 0 Å². The lowest BCUT2D eigenvalue weighted by Crippen LogP contribution is -2.16. The van der Waals surface area contributed by atoms with Crippen LogP contribution in [0.3, 0.4) is 0 Å². The lowest BCUT2D eigenvalue weighted by molar-refractivity contribution is -0.105. The zero-order valence-electron chi connectivity index (χ0n) is 8.10. The Labute approximate surface area is 85.4 Å². The molecule has 0 atom stereocenters. The highest BCUT2D eigenvalue weighted by Crippen LogP contribution is 2.13. The van der Waals surface area contributed by atoms with Gasteiger partial charge in [-0.05, 0) is 18.2 Å². The minimum absolute atomic E-state index is 0.130. The van der Waals surface area contributed by atoms with Crippen molar-refractivity contribution in [1.29, 1.82) is 0 Å². The fourth-order valence-electron chi connectivity index (χ4n) is 1.37. The van der Waals surface area contributed by atoms with Gasteiger partial charge in [-0.3, -0.25) is 9.59 Å². The maximum Gasteiger partial charge on any atom is 0.260 e. The summed E-state index contributed by atoms with van der Waals surface area (Å²) in [6.07, 6.45) is 2.04. The van der Waals surface area contributed by atoms with E-state index in [-0.39, 0.29) is 5.56 Å². The summed E-state index contributed by atoms with van der Waals surface area (Å²) in [5.74, 6) is 0. The molecule has 0 fully saturated rings. The number of benzene rings is 1. The molecule has 15 heavy (non-hydrogen) atoms. The van der Waals surface area contributed by atoms with E-state index in [1.807, 2.05) is 0 Å². The van der Waals surface area contributed by atoms with Gasteiger partial charge in [0.2, 0.25) is 6.41 Å². The summed E-state index contributed by atoms with van der Waals surface area (Å²) < 4.78 is 1.40. The zero-order valence-corrected chi connectivity index (χ0v) is 8.10. The number of anilines is 1. The highest BCUT2D eigenvalue weighted by Gasteiger charge is 2.02. The van der Waals surface area contributed by atoms with E-state index in [0.717, 1.165) is 0 Å². The summed E-state index contributed by atoms with van der Waals surface area (Å²) in [5, 5.41) is 2.98. The number of amides is 1. The van der Waals surface area contributed by atoms with Crippen molar-refractivity contribution in [3.05, 3.63) is 34.9 Å². The summed E-state index contributed by atoms with van der Waals surface area (Å²) in [7, 11) is 1.63. The van der Waals surface area contributed by atoms with Crippen molar-refractivity contribution in [2.75, 3.05) is 5.32 Å². The first-order valence-corrected chi connectivity index (χ1v) is 4.38. The van der Waals surface area contributed by atoms with Gasteiger partial charge in [0.25, 0.3) is 5.56 Å². The van der Waals surface area contributed by atoms with Crippen LogP contribution in [-0.4, -0.2) is 16.0 Å². The van der Waals surface area contributed by atoms with Crippen molar-refractivity contribution >= 4 is 23.0 Å². The molecular weight excluding hydrogens is 194 g/mol. The Morgan fingerprint density at radius 2 is 2.27 bits per heavy atom. The number of nitrogens with one attached hydrogen (secondary N) is 1. The number of carbonyl (C=O) groups is 1. The average Bonchev–Trinajstić information content (AvgIpc) is 2.25. The van der Waals surface area contributed by atoms with Gasteiger partial charge in [0, 0.05) is 12.7 Å². The lowest BCUT2D eigenvalue weighted by Gasteiger charge is -2.02. The molecule has 5 nitrogen and oxygen atoms in total. The normalized spacial score (nSPS) is 10.2. The predicted molar refractivity (Wildman–Crippen MR) is 56.7 cm³/mol. The van der Waals surface area contributed by atoms with Crippen molar-refractivity contribution in [3.63, 3.8) is 0 Å². The summed E-state index contributed by atoms with van der Waals surface area (Å²) in [6, 6.07) is 5.00. The van der Waals surface area contributed by atoms with E-state index >= 15 is 0 Å². The Kier molecular flexibility index (Phi) is 2.21. The van der Waals surface area contributed by atoms with E-state index in [2.05, 4.69) is 10.3 Å². The molecule has 0 unspecified atom stereocenters. The van der Waals surface area contributed by atoms with Crippen LogP contribution in [-0.2, 0) is 11.8 Å². The van der Waals surface area contributed by atoms with Gasteiger partial charge < -0.3 is 9.88 Å². The van der Waals surface area contributed by atoms with Gasteiger partial charge in [-0.1, -0.05) is 0 Å². The molecule has 1 N–H and O–H groups in total. The number of aryl methyl sites for hydroxylation is 1. The third kappa shape index (κ3) is 1.59. The lowest BCUT2D eigenvalue weighted by atomic mass is 10.2. The van der Waals surface area contributed by atoms with Crippen LogP contribution in [0.25, 0.3) is 10.9 Å². The topological polar surface area (TPSA) is 64.0 Å². The van der Waals surface area contributed by atoms with Crippen LogP contribution in [0.1, 0.15) is 0 Å². The Morgan fingerprint density at radius 1 is 1.47 bits per heavy atom. The number of hydrogen-bond donors (Lipinski definition) is 1. The summed E-state index contributed by atoms with van der Waals surface area (Å²) in [4.78, 5) is 26.0. The highest BCUT2D eigenvalue weighted by molar-refractivity contribution is 5.84. The molecule has 0 spiro atoms. The van der Waals surface area contributed by atoms with Crippen LogP contribution in [0.15, 0.2) is 29.3 Å². The van der Waals surface area contributed by atoms with Gasteiger partial charge in [-0.2, -0.15) is 0 Å². The third-order valence-electron chi connectivity index (χ3n) is 2.14. The van der Waals surface area contributed by atoms with Gasteiger partial charge in [-0.25, -0.2) is 4.98 Å². The van der Waals surface area contributed by atoms with E-state index in [9.17, 15) is 9.59 Å². The summed E-state index contributed by atoms with van der Waals surface area (Å²) >= 11 is 0. The Morgan fingerprint density at radius 3 is 3.00 bits per heavy atom. The van der Waals surface area contributed by atoms with Crippen molar-refractivity contribution in [3.8, 4) is 0 Å². The molecular formula is C10H9N3O2. The molecule has 1 aromatic carbocycles. The first kappa shape index (κ1) is 9.39. The molecule has 0 aliphatic heterocycles. The molecule has 0 aliphatic rings. The van der Waals surface area contributed by atoms with Crippen LogP contribution in [0, 0.1) is 0 Å². The number of nitrogens with zero attached hydrogens (tertiary/aromatic N) is 2. The monoisotopic (exact) mass is 203 g/mol. The SMILES string of the molecule is Cn1cnc2ccc(NC=O)cc2c1=O. The quantitative estimate of drug-likeness (QED) is 0.723. The van der Waals surface area contributed by atoms with Crippen LogP contribution in [0.4, 0.5) is 5.69 Å². The molecule has 0 bridgehead atoms. The smallest absolute Gasteiger partial charge is 0.260 e. The zero-order chi connectivity index (χ0) is 10.8. The molecule has 1 heterocycles. The second-order valence-corrected chi connectivity index (χ2v) is 3.15. The van der Waals surface area contributed by atoms with E-state index in [1.54, 1.807) is 25.2 Å². The van der Waals surface area contributed by atoms with Gasteiger partial charge in [0.15, 0.2) is 0 Å². The fourth-order valence-corrected chi connectivity index (χ4v) is 1.37. The maximum atomic E-state index is 11.7. The number of hydrogen-bond acceptors (Lipinski definition) is 3.